The van der Waals surface area contributed by atoms with Crippen LogP contribution < -0.4 is 5.32 Å². The highest BCUT2D eigenvalue weighted by Gasteiger charge is 2.32. The predicted molar refractivity (Wildman–Crippen MR) is 90.9 cm³/mol. The predicted octanol–water partition coefficient (Wildman–Crippen LogP) is 0.811. The fraction of sp³-hybridized carbons (Fsp3) is 0.533. The van der Waals surface area contributed by atoms with Crippen molar-refractivity contribution in [3.8, 4) is 0 Å². The van der Waals surface area contributed by atoms with Crippen LogP contribution in [-0.2, 0) is 14.3 Å². The van der Waals surface area contributed by atoms with Gasteiger partial charge in [-0.05, 0) is 12.1 Å². The first-order valence-corrected chi connectivity index (χ1v) is 9.07. The van der Waals surface area contributed by atoms with Crippen molar-refractivity contribution in [3.63, 3.8) is 0 Å². The van der Waals surface area contributed by atoms with Gasteiger partial charge in [0.2, 0.25) is 5.91 Å². The molecule has 0 radical (unpaired) electrons. The number of nitrogens with one attached hydrogen (secondary N) is 1. The second-order valence-electron chi connectivity index (χ2n) is 5.70. The van der Waals surface area contributed by atoms with Gasteiger partial charge in [0.1, 0.15) is 12.7 Å². The highest BCUT2D eigenvalue weighted by atomic mass is 35.5. The minimum Gasteiger partial charge on any atom is -0.442 e. The SMILES string of the molecule is O=C(NCC1CN(CCN2CCOCC2=O)C(=O)O1)c1ccc(Cl)s1. The zero-order valence-electron chi connectivity index (χ0n) is 13.4. The monoisotopic (exact) mass is 387 g/mol. The second-order valence-corrected chi connectivity index (χ2v) is 7.41. The normalized spacial score (nSPS) is 20.8. The summed E-state index contributed by atoms with van der Waals surface area (Å²) in [6.45, 7) is 2.59. The molecule has 3 rings (SSSR count). The molecule has 0 spiro atoms. The van der Waals surface area contributed by atoms with Gasteiger partial charge in [0, 0.05) is 19.6 Å². The van der Waals surface area contributed by atoms with Gasteiger partial charge < -0.3 is 24.6 Å². The highest BCUT2D eigenvalue weighted by Crippen LogP contribution is 2.21. The smallest absolute Gasteiger partial charge is 0.410 e. The molecule has 0 aliphatic carbocycles. The number of hydrogen-bond donors (Lipinski definition) is 1. The van der Waals surface area contributed by atoms with Gasteiger partial charge in [-0.2, -0.15) is 0 Å². The van der Waals surface area contributed by atoms with Gasteiger partial charge in [0.15, 0.2) is 0 Å². The summed E-state index contributed by atoms with van der Waals surface area (Å²) in [6, 6.07) is 3.31. The first-order valence-electron chi connectivity index (χ1n) is 7.87. The number of hydrogen-bond acceptors (Lipinski definition) is 6. The molecule has 2 aliphatic rings. The van der Waals surface area contributed by atoms with Gasteiger partial charge >= 0.3 is 6.09 Å². The van der Waals surface area contributed by atoms with E-state index in [0.717, 1.165) is 0 Å². The lowest BCUT2D eigenvalue weighted by Gasteiger charge is -2.28. The molecule has 0 bridgehead atoms. The molecule has 10 heteroatoms. The number of halogens is 1. The largest absolute Gasteiger partial charge is 0.442 e. The number of carbonyl (C=O) groups is 3. The van der Waals surface area contributed by atoms with E-state index in [9.17, 15) is 14.4 Å². The third-order valence-corrected chi connectivity index (χ3v) is 5.19. The van der Waals surface area contributed by atoms with Crippen LogP contribution in [0.25, 0.3) is 0 Å². The molecule has 1 atom stereocenters. The molecule has 3 heterocycles. The topological polar surface area (TPSA) is 88.2 Å². The van der Waals surface area contributed by atoms with Crippen LogP contribution in [0.2, 0.25) is 4.34 Å². The summed E-state index contributed by atoms with van der Waals surface area (Å²) in [4.78, 5) is 39.3. The van der Waals surface area contributed by atoms with Crippen molar-refractivity contribution in [1.82, 2.24) is 15.1 Å². The third kappa shape index (κ3) is 4.62. The third-order valence-electron chi connectivity index (χ3n) is 3.96. The first-order chi connectivity index (χ1) is 12.0. The molecule has 0 saturated carbocycles. The van der Waals surface area contributed by atoms with E-state index in [1.54, 1.807) is 21.9 Å². The standard InChI is InChI=1S/C15H18ClN3O5S/c16-12-2-1-11(25-12)14(21)17-7-10-8-19(15(22)24-10)4-3-18-5-6-23-9-13(18)20/h1-2,10H,3-9H2,(H,17,21). The maximum absolute atomic E-state index is 12.0. The van der Waals surface area contributed by atoms with Crippen molar-refractivity contribution < 1.29 is 23.9 Å². The van der Waals surface area contributed by atoms with Gasteiger partial charge in [-0.3, -0.25) is 9.59 Å². The number of amides is 3. The lowest BCUT2D eigenvalue weighted by Crippen LogP contribution is -2.45. The van der Waals surface area contributed by atoms with E-state index in [2.05, 4.69) is 5.32 Å². The number of carbonyl (C=O) groups excluding carboxylic acids is 3. The van der Waals surface area contributed by atoms with Crippen LogP contribution >= 0.6 is 22.9 Å². The lowest BCUT2D eigenvalue weighted by molar-refractivity contribution is -0.142. The van der Waals surface area contributed by atoms with E-state index in [0.29, 0.717) is 42.0 Å². The summed E-state index contributed by atoms with van der Waals surface area (Å²) < 4.78 is 10.9. The number of cyclic esters (lactones) is 1. The van der Waals surface area contributed by atoms with E-state index in [4.69, 9.17) is 21.1 Å². The maximum atomic E-state index is 12.0. The fourth-order valence-electron chi connectivity index (χ4n) is 2.62. The van der Waals surface area contributed by atoms with Crippen LogP contribution in [0.5, 0.6) is 0 Å². The van der Waals surface area contributed by atoms with Crippen LogP contribution in [-0.4, -0.2) is 79.7 Å². The number of ether oxygens (including phenoxy) is 2. The molecule has 2 saturated heterocycles. The van der Waals surface area contributed by atoms with Gasteiger partial charge in [0.25, 0.3) is 5.91 Å². The number of nitrogens with zero attached hydrogens (tertiary/aromatic N) is 2. The molecule has 2 aliphatic heterocycles. The lowest BCUT2D eigenvalue weighted by atomic mass is 10.3. The molecule has 0 aromatic carbocycles. The Morgan fingerprint density at radius 2 is 2.12 bits per heavy atom. The molecular weight excluding hydrogens is 370 g/mol. The van der Waals surface area contributed by atoms with Gasteiger partial charge in [0.05, 0.1) is 28.9 Å². The summed E-state index contributed by atoms with van der Waals surface area (Å²) >= 11 is 7.00. The van der Waals surface area contributed by atoms with Gasteiger partial charge in [-0.25, -0.2) is 4.79 Å². The zero-order chi connectivity index (χ0) is 17.8. The Hall–Kier alpha value is -1.84. The fourth-order valence-corrected chi connectivity index (χ4v) is 3.58. The van der Waals surface area contributed by atoms with E-state index >= 15 is 0 Å². The van der Waals surface area contributed by atoms with Crippen LogP contribution in [0.1, 0.15) is 9.67 Å². The second kappa shape index (κ2) is 8.03. The van der Waals surface area contributed by atoms with E-state index in [1.807, 2.05) is 0 Å². The Balaban J connectivity index is 1.42. The minimum absolute atomic E-state index is 0.0720. The first kappa shape index (κ1) is 18.0. The summed E-state index contributed by atoms with van der Waals surface area (Å²) in [7, 11) is 0. The molecule has 1 unspecified atom stereocenters. The molecule has 8 nitrogen and oxygen atoms in total. The van der Waals surface area contributed by atoms with Crippen LogP contribution in [0.3, 0.4) is 0 Å². The summed E-state index contributed by atoms with van der Waals surface area (Å²) in [5, 5.41) is 2.74. The molecule has 1 aromatic rings. The average Bonchev–Trinajstić information content (AvgIpc) is 3.18. The molecule has 2 fully saturated rings. The van der Waals surface area contributed by atoms with Crippen molar-refractivity contribution in [3.05, 3.63) is 21.3 Å². The van der Waals surface area contributed by atoms with E-state index < -0.39 is 12.2 Å². The van der Waals surface area contributed by atoms with Crippen molar-refractivity contribution in [2.24, 2.45) is 0 Å². The van der Waals surface area contributed by atoms with Gasteiger partial charge in [-0.15, -0.1) is 11.3 Å². The minimum atomic E-state index is -0.431. The maximum Gasteiger partial charge on any atom is 0.410 e. The Morgan fingerprint density at radius 3 is 2.84 bits per heavy atom. The molecule has 25 heavy (non-hydrogen) atoms. The summed E-state index contributed by atoms with van der Waals surface area (Å²) in [5.74, 6) is -0.317. The number of thiophene rings is 1. The van der Waals surface area contributed by atoms with Crippen LogP contribution in [0.4, 0.5) is 4.79 Å². The van der Waals surface area contributed by atoms with E-state index in [-0.39, 0.29) is 25.0 Å². The highest BCUT2D eigenvalue weighted by molar-refractivity contribution is 7.17. The molecule has 1 aromatic heterocycles. The van der Waals surface area contributed by atoms with Crippen molar-refractivity contribution in [1.29, 1.82) is 0 Å². The zero-order valence-corrected chi connectivity index (χ0v) is 15.0. The summed E-state index contributed by atoms with van der Waals surface area (Å²) in [6.07, 6.45) is -0.841. The van der Waals surface area contributed by atoms with Crippen LogP contribution in [0.15, 0.2) is 12.1 Å². The number of rotatable bonds is 6. The molecule has 136 valence electrons. The van der Waals surface area contributed by atoms with Crippen molar-refractivity contribution in [2.75, 3.05) is 45.9 Å². The Kier molecular flexibility index (Phi) is 5.77. The van der Waals surface area contributed by atoms with E-state index in [1.165, 1.54) is 11.3 Å². The van der Waals surface area contributed by atoms with Crippen molar-refractivity contribution >= 4 is 40.8 Å². The average molecular weight is 388 g/mol. The Bertz CT molecular complexity index is 667. The summed E-state index contributed by atoms with van der Waals surface area (Å²) in [5.41, 5.74) is 0. The molecule has 3 amide bonds. The van der Waals surface area contributed by atoms with Crippen molar-refractivity contribution in [2.45, 2.75) is 6.10 Å². The molecule has 1 N–H and O–H groups in total. The Labute approximate surface area is 153 Å². The quantitative estimate of drug-likeness (QED) is 0.780. The van der Waals surface area contributed by atoms with Crippen LogP contribution in [0, 0.1) is 0 Å². The molecular formula is C15H18ClN3O5S. The van der Waals surface area contributed by atoms with Gasteiger partial charge in [-0.1, -0.05) is 11.6 Å². The number of morpholine rings is 1. The Morgan fingerprint density at radius 1 is 1.32 bits per heavy atom.